The molecule has 1 heterocycles. The summed E-state index contributed by atoms with van der Waals surface area (Å²) in [5, 5.41) is 4.79. The SMILES string of the molecule is CCOC(=O)c1cccc(-c2nn(COCC[Si](C)(C)C)cc2-c2ccccc2)c1. The molecule has 6 heteroatoms. The van der Waals surface area contributed by atoms with E-state index in [-0.39, 0.29) is 5.97 Å². The van der Waals surface area contributed by atoms with E-state index in [9.17, 15) is 4.79 Å². The number of hydrogen-bond donors (Lipinski definition) is 0. The number of hydrogen-bond acceptors (Lipinski definition) is 4. The highest BCUT2D eigenvalue weighted by Crippen LogP contribution is 2.31. The van der Waals surface area contributed by atoms with E-state index in [1.165, 1.54) is 0 Å². The van der Waals surface area contributed by atoms with Gasteiger partial charge in [0.15, 0.2) is 0 Å². The molecule has 0 aliphatic heterocycles. The lowest BCUT2D eigenvalue weighted by atomic mass is 10.0. The quantitative estimate of drug-likeness (QED) is 0.252. The van der Waals surface area contributed by atoms with Crippen molar-refractivity contribution in [3.05, 3.63) is 66.4 Å². The van der Waals surface area contributed by atoms with Gasteiger partial charge < -0.3 is 9.47 Å². The van der Waals surface area contributed by atoms with Crippen molar-refractivity contribution in [2.24, 2.45) is 0 Å². The van der Waals surface area contributed by atoms with Gasteiger partial charge in [0.2, 0.25) is 0 Å². The second-order valence-corrected chi connectivity index (χ2v) is 14.1. The van der Waals surface area contributed by atoms with Crippen LogP contribution in [0.5, 0.6) is 0 Å². The molecule has 30 heavy (non-hydrogen) atoms. The van der Waals surface area contributed by atoms with E-state index in [4.69, 9.17) is 14.6 Å². The molecule has 2 aromatic carbocycles. The van der Waals surface area contributed by atoms with Crippen LogP contribution in [0.4, 0.5) is 0 Å². The molecule has 0 aliphatic carbocycles. The van der Waals surface area contributed by atoms with E-state index in [0.29, 0.717) is 18.9 Å². The molecule has 0 atom stereocenters. The maximum Gasteiger partial charge on any atom is 0.338 e. The molecule has 1 aromatic heterocycles. The van der Waals surface area contributed by atoms with Crippen molar-refractivity contribution >= 4 is 14.0 Å². The molecular weight excluding hydrogens is 392 g/mol. The van der Waals surface area contributed by atoms with Crippen molar-refractivity contribution in [2.45, 2.75) is 39.3 Å². The van der Waals surface area contributed by atoms with E-state index in [0.717, 1.165) is 35.0 Å². The van der Waals surface area contributed by atoms with Crippen molar-refractivity contribution in [1.82, 2.24) is 9.78 Å². The number of esters is 1. The molecular formula is C24H30N2O3Si. The molecule has 0 N–H and O–H groups in total. The van der Waals surface area contributed by atoms with Gasteiger partial charge in [0.05, 0.1) is 12.2 Å². The van der Waals surface area contributed by atoms with Crippen LogP contribution in [0.15, 0.2) is 60.8 Å². The topological polar surface area (TPSA) is 53.3 Å². The summed E-state index contributed by atoms with van der Waals surface area (Å²) in [6.45, 7) is 10.3. The minimum atomic E-state index is -1.13. The second kappa shape index (κ2) is 9.87. The molecule has 0 aliphatic rings. The van der Waals surface area contributed by atoms with Crippen molar-refractivity contribution < 1.29 is 14.3 Å². The second-order valence-electron chi connectivity index (χ2n) is 8.45. The van der Waals surface area contributed by atoms with Gasteiger partial charge in [0, 0.05) is 32.0 Å². The molecule has 0 unspecified atom stereocenters. The number of carbonyl (C=O) groups excluding carboxylic acids is 1. The summed E-state index contributed by atoms with van der Waals surface area (Å²) in [4.78, 5) is 12.2. The standard InChI is InChI=1S/C24H30N2O3Si/c1-5-29-24(27)21-13-9-12-20(16-21)23-22(19-10-7-6-8-11-19)17-26(25-23)18-28-14-15-30(2,3)4/h6-13,16-17H,5,14-15,18H2,1-4H3. The smallest absolute Gasteiger partial charge is 0.338 e. The molecule has 0 fully saturated rings. The number of benzene rings is 2. The molecule has 0 saturated carbocycles. The number of carbonyl (C=O) groups is 1. The number of ether oxygens (including phenoxy) is 2. The molecule has 3 rings (SSSR count). The Bertz CT molecular complexity index is 978. The van der Waals surface area contributed by atoms with Crippen LogP contribution in [0.3, 0.4) is 0 Å². The van der Waals surface area contributed by atoms with E-state index in [1.54, 1.807) is 13.0 Å². The largest absolute Gasteiger partial charge is 0.462 e. The zero-order valence-electron chi connectivity index (χ0n) is 18.2. The Morgan fingerprint density at radius 1 is 1.03 bits per heavy atom. The van der Waals surface area contributed by atoms with E-state index < -0.39 is 8.07 Å². The third-order valence-corrected chi connectivity index (χ3v) is 6.42. The van der Waals surface area contributed by atoms with E-state index >= 15 is 0 Å². The summed E-state index contributed by atoms with van der Waals surface area (Å²) in [5.41, 5.74) is 4.29. The Morgan fingerprint density at radius 2 is 1.77 bits per heavy atom. The van der Waals surface area contributed by atoms with Gasteiger partial charge >= 0.3 is 5.97 Å². The van der Waals surface area contributed by atoms with Crippen molar-refractivity contribution in [3.8, 4) is 22.4 Å². The van der Waals surface area contributed by atoms with Crippen LogP contribution in [0.1, 0.15) is 17.3 Å². The molecule has 0 saturated heterocycles. The Hall–Kier alpha value is -2.70. The van der Waals surface area contributed by atoms with Crippen LogP contribution < -0.4 is 0 Å². The third kappa shape index (κ3) is 5.90. The normalized spacial score (nSPS) is 11.5. The predicted octanol–water partition coefficient (Wildman–Crippen LogP) is 5.71. The van der Waals surface area contributed by atoms with Gasteiger partial charge in [0.25, 0.3) is 0 Å². The van der Waals surface area contributed by atoms with Gasteiger partial charge in [-0.1, -0.05) is 62.1 Å². The lowest BCUT2D eigenvalue weighted by molar-refractivity contribution is 0.0526. The first-order chi connectivity index (χ1) is 14.4. The Balaban J connectivity index is 1.90. The summed E-state index contributed by atoms with van der Waals surface area (Å²) >= 11 is 0. The highest BCUT2D eigenvalue weighted by atomic mass is 28.3. The van der Waals surface area contributed by atoms with Crippen molar-refractivity contribution in [3.63, 3.8) is 0 Å². The number of aromatic nitrogens is 2. The van der Waals surface area contributed by atoms with Crippen LogP contribution in [0, 0.1) is 0 Å². The van der Waals surface area contributed by atoms with Crippen LogP contribution in [-0.2, 0) is 16.2 Å². The van der Waals surface area contributed by atoms with Crippen LogP contribution in [0.25, 0.3) is 22.4 Å². The molecule has 0 bridgehead atoms. The fraction of sp³-hybridized carbons (Fsp3) is 0.333. The zero-order chi connectivity index (χ0) is 21.6. The Kier molecular flexibility index (Phi) is 7.23. The van der Waals surface area contributed by atoms with Gasteiger partial charge in [-0.15, -0.1) is 0 Å². The summed E-state index contributed by atoms with van der Waals surface area (Å²) in [6, 6.07) is 18.7. The minimum Gasteiger partial charge on any atom is -0.462 e. The van der Waals surface area contributed by atoms with Crippen molar-refractivity contribution in [2.75, 3.05) is 13.2 Å². The summed E-state index contributed by atoms with van der Waals surface area (Å²) in [7, 11) is -1.13. The highest BCUT2D eigenvalue weighted by molar-refractivity contribution is 6.76. The third-order valence-electron chi connectivity index (χ3n) is 4.71. The fourth-order valence-electron chi connectivity index (χ4n) is 3.07. The maximum absolute atomic E-state index is 12.2. The molecule has 3 aromatic rings. The Morgan fingerprint density at radius 3 is 2.47 bits per heavy atom. The van der Waals surface area contributed by atoms with Gasteiger partial charge in [-0.2, -0.15) is 5.10 Å². The molecule has 0 amide bonds. The monoisotopic (exact) mass is 422 g/mol. The lowest BCUT2D eigenvalue weighted by Crippen LogP contribution is -2.22. The summed E-state index contributed by atoms with van der Waals surface area (Å²) in [6.07, 6.45) is 2.01. The van der Waals surface area contributed by atoms with Gasteiger partial charge in [-0.25, -0.2) is 9.48 Å². The number of rotatable bonds is 9. The minimum absolute atomic E-state index is 0.324. The average Bonchev–Trinajstić information content (AvgIpc) is 3.16. The van der Waals surface area contributed by atoms with Crippen LogP contribution in [0.2, 0.25) is 25.7 Å². The lowest BCUT2D eigenvalue weighted by Gasteiger charge is -2.15. The first-order valence-corrected chi connectivity index (χ1v) is 14.1. The molecule has 0 radical (unpaired) electrons. The molecule has 158 valence electrons. The Labute approximate surface area is 179 Å². The fourth-order valence-corrected chi connectivity index (χ4v) is 3.83. The maximum atomic E-state index is 12.2. The average molecular weight is 423 g/mol. The number of nitrogens with zero attached hydrogens (tertiary/aromatic N) is 2. The van der Waals surface area contributed by atoms with Gasteiger partial charge in [-0.05, 0) is 30.7 Å². The van der Waals surface area contributed by atoms with E-state index in [1.807, 2.05) is 47.3 Å². The summed E-state index contributed by atoms with van der Waals surface area (Å²) < 4.78 is 12.9. The highest BCUT2D eigenvalue weighted by Gasteiger charge is 2.16. The predicted molar refractivity (Wildman–Crippen MR) is 123 cm³/mol. The van der Waals surface area contributed by atoms with E-state index in [2.05, 4.69) is 31.8 Å². The molecule has 0 spiro atoms. The van der Waals surface area contributed by atoms with Crippen LogP contribution >= 0.6 is 0 Å². The van der Waals surface area contributed by atoms with Crippen LogP contribution in [-0.4, -0.2) is 37.0 Å². The first kappa shape index (κ1) is 22.0. The van der Waals surface area contributed by atoms with Gasteiger partial charge in [-0.3, -0.25) is 0 Å². The van der Waals surface area contributed by atoms with Gasteiger partial charge in [0.1, 0.15) is 12.4 Å². The first-order valence-electron chi connectivity index (χ1n) is 10.4. The molecule has 5 nitrogen and oxygen atoms in total. The summed E-state index contributed by atoms with van der Waals surface area (Å²) in [5.74, 6) is -0.324. The van der Waals surface area contributed by atoms with Crippen molar-refractivity contribution in [1.29, 1.82) is 0 Å². The zero-order valence-corrected chi connectivity index (χ0v) is 19.2.